The third-order valence-electron chi connectivity index (χ3n) is 2.59. The summed E-state index contributed by atoms with van der Waals surface area (Å²) in [6.45, 7) is 2.64. The first-order valence-electron chi connectivity index (χ1n) is 5.43. The van der Waals surface area contributed by atoms with E-state index < -0.39 is 11.7 Å². The molecule has 1 heterocycles. The van der Waals surface area contributed by atoms with Crippen molar-refractivity contribution in [2.24, 2.45) is 0 Å². The fourth-order valence-electron chi connectivity index (χ4n) is 1.63. The van der Waals surface area contributed by atoms with Crippen molar-refractivity contribution in [3.63, 3.8) is 0 Å². The molecule has 0 saturated carbocycles. The summed E-state index contributed by atoms with van der Waals surface area (Å²) in [5.74, 6) is 0. The zero-order valence-electron chi connectivity index (χ0n) is 9.43. The van der Waals surface area contributed by atoms with Gasteiger partial charge in [0.25, 0.3) is 0 Å². The molecule has 2 rings (SSSR count). The molecule has 7 heteroatoms. The van der Waals surface area contributed by atoms with Gasteiger partial charge in [0.2, 0.25) is 0 Å². The maximum atomic E-state index is 12.5. The molecule has 18 heavy (non-hydrogen) atoms. The largest absolute Gasteiger partial charge is 0.416 e. The number of benzene rings is 1. The van der Waals surface area contributed by atoms with Crippen LogP contribution in [0.4, 0.5) is 18.9 Å². The van der Waals surface area contributed by atoms with E-state index in [1.54, 1.807) is 0 Å². The maximum absolute atomic E-state index is 12.5. The Morgan fingerprint density at radius 3 is 2.44 bits per heavy atom. The molecular formula is C11H12BrF3N2O. The third-order valence-corrected chi connectivity index (χ3v) is 3.24. The molecule has 1 aliphatic heterocycles. The minimum Gasteiger partial charge on any atom is -0.379 e. The van der Waals surface area contributed by atoms with Gasteiger partial charge in [0.1, 0.15) is 0 Å². The summed E-state index contributed by atoms with van der Waals surface area (Å²) in [7, 11) is 0. The van der Waals surface area contributed by atoms with Gasteiger partial charge >= 0.3 is 6.18 Å². The maximum Gasteiger partial charge on any atom is 0.416 e. The molecule has 1 saturated heterocycles. The fourth-order valence-corrected chi connectivity index (χ4v) is 2.10. The predicted molar refractivity (Wildman–Crippen MR) is 65.2 cm³/mol. The summed E-state index contributed by atoms with van der Waals surface area (Å²) >= 11 is 3.15. The monoisotopic (exact) mass is 324 g/mol. The molecule has 1 aromatic rings. The van der Waals surface area contributed by atoms with E-state index in [0.29, 0.717) is 36.5 Å². The molecule has 3 nitrogen and oxygen atoms in total. The highest BCUT2D eigenvalue weighted by Crippen LogP contribution is 2.34. The fraction of sp³-hybridized carbons (Fsp3) is 0.455. The summed E-state index contributed by atoms with van der Waals surface area (Å²) < 4.78 is 43.1. The van der Waals surface area contributed by atoms with Crippen LogP contribution in [0, 0.1) is 0 Å². The molecule has 0 bridgehead atoms. The van der Waals surface area contributed by atoms with Crippen molar-refractivity contribution < 1.29 is 17.9 Å². The molecular weight excluding hydrogens is 313 g/mol. The quantitative estimate of drug-likeness (QED) is 0.904. The highest BCUT2D eigenvalue weighted by molar-refractivity contribution is 9.10. The highest BCUT2D eigenvalue weighted by Gasteiger charge is 2.30. The molecule has 1 aromatic carbocycles. The van der Waals surface area contributed by atoms with E-state index in [1.165, 1.54) is 6.07 Å². The van der Waals surface area contributed by atoms with Crippen molar-refractivity contribution >= 4 is 21.6 Å². The van der Waals surface area contributed by atoms with E-state index >= 15 is 0 Å². The smallest absolute Gasteiger partial charge is 0.379 e. The predicted octanol–water partition coefficient (Wildman–Crippen LogP) is 3.13. The van der Waals surface area contributed by atoms with Gasteiger partial charge < -0.3 is 10.2 Å². The number of hydrogen-bond acceptors (Lipinski definition) is 3. The lowest BCUT2D eigenvalue weighted by molar-refractivity contribution is -0.137. The van der Waals surface area contributed by atoms with Crippen LogP contribution in [0.1, 0.15) is 5.56 Å². The number of nitrogens with one attached hydrogen (secondary N) is 1. The number of morpholine rings is 1. The van der Waals surface area contributed by atoms with E-state index in [9.17, 15) is 13.2 Å². The molecule has 100 valence electrons. The number of ether oxygens (including phenoxy) is 1. The minimum atomic E-state index is -4.32. The second-order valence-corrected chi connectivity index (χ2v) is 4.76. The van der Waals surface area contributed by atoms with Crippen molar-refractivity contribution in [3.8, 4) is 0 Å². The molecule has 1 N–H and O–H groups in total. The summed E-state index contributed by atoms with van der Waals surface area (Å²) in [6.07, 6.45) is -4.32. The van der Waals surface area contributed by atoms with Crippen molar-refractivity contribution in [1.29, 1.82) is 0 Å². The van der Waals surface area contributed by atoms with Crippen LogP contribution in [-0.2, 0) is 10.9 Å². The summed E-state index contributed by atoms with van der Waals surface area (Å²) in [4.78, 5) is 0. The number of rotatable bonds is 2. The standard InChI is InChI=1S/C11H12BrF3N2O/c12-9-7-8(11(13,14)15)1-2-10(9)16-17-3-5-18-6-4-17/h1-2,7,16H,3-6H2. The van der Waals surface area contributed by atoms with Gasteiger partial charge in [-0.25, -0.2) is 5.01 Å². The van der Waals surface area contributed by atoms with Gasteiger partial charge in [0.15, 0.2) is 0 Å². The molecule has 0 atom stereocenters. The topological polar surface area (TPSA) is 24.5 Å². The molecule has 0 aliphatic carbocycles. The van der Waals surface area contributed by atoms with Crippen LogP contribution in [0.2, 0.25) is 0 Å². The molecule has 0 spiro atoms. The Balaban J connectivity index is 2.09. The summed E-state index contributed by atoms with van der Waals surface area (Å²) in [5.41, 5.74) is 3.02. The lowest BCUT2D eigenvalue weighted by Gasteiger charge is -2.28. The number of hydrogen-bond donors (Lipinski definition) is 1. The Labute approximate surface area is 111 Å². The first-order chi connectivity index (χ1) is 8.47. The number of halogens is 4. The Bertz CT molecular complexity index is 419. The Morgan fingerprint density at radius 2 is 1.89 bits per heavy atom. The van der Waals surface area contributed by atoms with Crippen LogP contribution in [0.3, 0.4) is 0 Å². The molecule has 1 fully saturated rings. The van der Waals surface area contributed by atoms with Crippen LogP contribution in [0.25, 0.3) is 0 Å². The van der Waals surface area contributed by atoms with Crippen molar-refractivity contribution in [2.45, 2.75) is 6.18 Å². The first kappa shape index (κ1) is 13.6. The Morgan fingerprint density at radius 1 is 1.22 bits per heavy atom. The minimum absolute atomic E-state index is 0.392. The second-order valence-electron chi connectivity index (χ2n) is 3.90. The van der Waals surface area contributed by atoms with Gasteiger partial charge in [-0.2, -0.15) is 13.2 Å². The molecule has 0 radical (unpaired) electrons. The van der Waals surface area contributed by atoms with E-state index in [0.717, 1.165) is 12.1 Å². The molecule has 0 amide bonds. The molecule has 0 aromatic heterocycles. The van der Waals surface area contributed by atoms with Gasteiger partial charge in [-0.05, 0) is 34.1 Å². The number of hydrazine groups is 1. The van der Waals surface area contributed by atoms with Crippen LogP contribution in [-0.4, -0.2) is 31.3 Å². The molecule has 0 unspecified atom stereocenters. The zero-order chi connectivity index (χ0) is 13.2. The van der Waals surface area contributed by atoms with Crippen molar-refractivity contribution in [2.75, 3.05) is 31.7 Å². The summed E-state index contributed by atoms with van der Waals surface area (Å²) in [6, 6.07) is 3.55. The zero-order valence-corrected chi connectivity index (χ0v) is 11.0. The lowest BCUT2D eigenvalue weighted by atomic mass is 10.2. The van der Waals surface area contributed by atoms with E-state index in [-0.39, 0.29) is 0 Å². The van der Waals surface area contributed by atoms with E-state index in [2.05, 4.69) is 21.4 Å². The van der Waals surface area contributed by atoms with Gasteiger partial charge in [-0.1, -0.05) is 0 Å². The van der Waals surface area contributed by atoms with Crippen molar-refractivity contribution in [3.05, 3.63) is 28.2 Å². The van der Waals surface area contributed by atoms with Gasteiger partial charge in [-0.15, -0.1) is 0 Å². The first-order valence-corrected chi connectivity index (χ1v) is 6.22. The number of nitrogens with zero attached hydrogens (tertiary/aromatic N) is 1. The molecule has 1 aliphatic rings. The van der Waals surface area contributed by atoms with Crippen LogP contribution in [0.15, 0.2) is 22.7 Å². The Kier molecular flexibility index (Phi) is 4.14. The van der Waals surface area contributed by atoms with Crippen molar-refractivity contribution in [1.82, 2.24) is 5.01 Å². The number of alkyl halides is 3. The van der Waals surface area contributed by atoms with E-state index in [1.807, 2.05) is 5.01 Å². The average molecular weight is 325 g/mol. The van der Waals surface area contributed by atoms with Gasteiger partial charge in [-0.3, -0.25) is 0 Å². The van der Waals surface area contributed by atoms with Crippen LogP contribution in [0.5, 0.6) is 0 Å². The van der Waals surface area contributed by atoms with Crippen LogP contribution < -0.4 is 5.43 Å². The van der Waals surface area contributed by atoms with Gasteiger partial charge in [0, 0.05) is 17.6 Å². The second kappa shape index (κ2) is 5.46. The highest BCUT2D eigenvalue weighted by atomic mass is 79.9. The summed E-state index contributed by atoms with van der Waals surface area (Å²) in [5, 5.41) is 1.91. The normalized spacial score (nSPS) is 17.8. The van der Waals surface area contributed by atoms with Crippen LogP contribution >= 0.6 is 15.9 Å². The van der Waals surface area contributed by atoms with E-state index in [4.69, 9.17) is 4.74 Å². The average Bonchev–Trinajstić information content (AvgIpc) is 2.32. The number of anilines is 1. The van der Waals surface area contributed by atoms with Gasteiger partial charge in [0.05, 0.1) is 24.5 Å². The third kappa shape index (κ3) is 3.37. The lowest BCUT2D eigenvalue weighted by Crippen LogP contribution is -2.40. The Hall–Kier alpha value is -0.790. The SMILES string of the molecule is FC(F)(F)c1ccc(NN2CCOCC2)c(Br)c1.